The smallest absolute Gasteiger partial charge is 0.151 e. The Hall–Kier alpha value is -0.900. The molecule has 0 saturated heterocycles. The van der Waals surface area contributed by atoms with Crippen molar-refractivity contribution in [1.82, 2.24) is 14.8 Å². The van der Waals surface area contributed by atoms with E-state index in [4.69, 9.17) is 5.11 Å². The van der Waals surface area contributed by atoms with Crippen LogP contribution >= 0.6 is 0 Å². The van der Waals surface area contributed by atoms with Crippen LogP contribution in [0.5, 0.6) is 0 Å². The first-order valence-electron chi connectivity index (χ1n) is 6.01. The summed E-state index contributed by atoms with van der Waals surface area (Å²) in [6, 6.07) is 0. The largest absolute Gasteiger partial charge is 0.396 e. The van der Waals surface area contributed by atoms with E-state index >= 15 is 0 Å². The Bertz CT molecular complexity index is 365. The zero-order valence-electron chi connectivity index (χ0n) is 10.4. The van der Waals surface area contributed by atoms with Crippen molar-refractivity contribution >= 4 is 0 Å². The van der Waals surface area contributed by atoms with Crippen molar-refractivity contribution in [2.24, 2.45) is 11.3 Å². The van der Waals surface area contributed by atoms with Gasteiger partial charge < -0.3 is 5.11 Å². The Kier molecular flexibility index (Phi) is 3.02. The van der Waals surface area contributed by atoms with Gasteiger partial charge in [0.25, 0.3) is 0 Å². The number of hydrogen-bond acceptors (Lipinski definition) is 3. The summed E-state index contributed by atoms with van der Waals surface area (Å²) < 4.78 is 2.01. The Labute approximate surface area is 96.7 Å². The first kappa shape index (κ1) is 11.6. The van der Waals surface area contributed by atoms with E-state index in [9.17, 15) is 0 Å². The molecule has 2 heterocycles. The molecule has 1 aliphatic heterocycles. The Morgan fingerprint density at radius 2 is 2.19 bits per heavy atom. The molecule has 0 amide bonds. The molecular weight excluding hydrogens is 202 g/mol. The summed E-state index contributed by atoms with van der Waals surface area (Å²) in [5.41, 5.74) is 0.230. The molecule has 1 N–H and O–H groups in total. The van der Waals surface area contributed by atoms with Crippen molar-refractivity contribution < 1.29 is 5.11 Å². The van der Waals surface area contributed by atoms with Crippen molar-refractivity contribution in [3.63, 3.8) is 0 Å². The predicted octanol–water partition coefficient (Wildman–Crippen LogP) is 1.42. The average Bonchev–Trinajstić information content (AvgIpc) is 2.55. The summed E-state index contributed by atoms with van der Waals surface area (Å²) in [6.07, 6.45) is 2.80. The molecule has 0 saturated carbocycles. The molecule has 2 rings (SSSR count). The van der Waals surface area contributed by atoms with E-state index < -0.39 is 0 Å². The first-order valence-corrected chi connectivity index (χ1v) is 6.01. The van der Waals surface area contributed by atoms with Crippen molar-refractivity contribution in [3.8, 4) is 0 Å². The summed E-state index contributed by atoms with van der Waals surface area (Å²) in [5, 5.41) is 13.7. The fraction of sp³-hybridized carbons (Fsp3) is 0.833. The van der Waals surface area contributed by atoms with Crippen molar-refractivity contribution in [1.29, 1.82) is 0 Å². The van der Waals surface area contributed by atoms with Gasteiger partial charge in [-0.05, 0) is 17.8 Å². The van der Waals surface area contributed by atoms with E-state index in [-0.39, 0.29) is 12.0 Å². The molecule has 0 aliphatic carbocycles. The summed E-state index contributed by atoms with van der Waals surface area (Å²) >= 11 is 0. The third-order valence-corrected chi connectivity index (χ3v) is 2.96. The molecule has 1 aromatic heterocycles. The van der Waals surface area contributed by atoms with E-state index in [1.54, 1.807) is 0 Å². The second kappa shape index (κ2) is 4.17. The van der Waals surface area contributed by atoms with Gasteiger partial charge in [0.1, 0.15) is 5.82 Å². The molecule has 4 heteroatoms. The lowest BCUT2D eigenvalue weighted by Crippen LogP contribution is -2.22. The molecule has 0 fully saturated rings. The molecule has 16 heavy (non-hydrogen) atoms. The maximum atomic E-state index is 9.15. The number of aromatic nitrogens is 3. The lowest BCUT2D eigenvalue weighted by atomic mass is 9.92. The molecule has 4 nitrogen and oxygen atoms in total. The summed E-state index contributed by atoms with van der Waals surface area (Å²) in [6.45, 7) is 7.76. The topological polar surface area (TPSA) is 50.9 Å². The molecule has 0 aromatic carbocycles. The highest BCUT2D eigenvalue weighted by Crippen LogP contribution is 2.22. The van der Waals surface area contributed by atoms with Gasteiger partial charge in [0.15, 0.2) is 5.82 Å². The monoisotopic (exact) mass is 223 g/mol. The van der Waals surface area contributed by atoms with Gasteiger partial charge in [-0.3, -0.25) is 0 Å². The molecule has 1 atom stereocenters. The van der Waals surface area contributed by atoms with Crippen molar-refractivity contribution in [3.05, 3.63) is 11.6 Å². The molecule has 1 aromatic rings. The maximum Gasteiger partial charge on any atom is 0.151 e. The van der Waals surface area contributed by atoms with Crippen LogP contribution in [0.3, 0.4) is 0 Å². The number of aliphatic hydroxyl groups is 1. The van der Waals surface area contributed by atoms with Gasteiger partial charge in [-0.1, -0.05) is 20.8 Å². The van der Waals surface area contributed by atoms with Crippen LogP contribution in [-0.2, 0) is 19.4 Å². The highest BCUT2D eigenvalue weighted by molar-refractivity contribution is 4.99. The maximum absolute atomic E-state index is 9.15. The first-order chi connectivity index (χ1) is 7.48. The van der Waals surface area contributed by atoms with Crippen LogP contribution in [0.15, 0.2) is 0 Å². The SMILES string of the molecule is CC(C)(C)Cc1nc2n(n1)CCC(CO)C2. The summed E-state index contributed by atoms with van der Waals surface area (Å²) in [7, 11) is 0. The highest BCUT2D eigenvalue weighted by Gasteiger charge is 2.23. The summed E-state index contributed by atoms with van der Waals surface area (Å²) in [4.78, 5) is 4.58. The normalized spacial score (nSPS) is 20.9. The van der Waals surface area contributed by atoms with E-state index in [1.807, 2.05) is 4.68 Å². The minimum atomic E-state index is 0.230. The van der Waals surface area contributed by atoms with Crippen LogP contribution < -0.4 is 0 Å². The van der Waals surface area contributed by atoms with Crippen LogP contribution in [0.25, 0.3) is 0 Å². The molecule has 90 valence electrons. The van der Waals surface area contributed by atoms with Gasteiger partial charge in [-0.25, -0.2) is 9.67 Å². The van der Waals surface area contributed by atoms with Gasteiger partial charge in [-0.15, -0.1) is 0 Å². The fourth-order valence-corrected chi connectivity index (χ4v) is 2.13. The number of nitrogens with zero attached hydrogens (tertiary/aromatic N) is 3. The highest BCUT2D eigenvalue weighted by atomic mass is 16.3. The minimum absolute atomic E-state index is 0.230. The fourth-order valence-electron chi connectivity index (χ4n) is 2.13. The number of rotatable bonds is 2. The number of hydrogen-bond donors (Lipinski definition) is 1. The third kappa shape index (κ3) is 2.61. The Balaban J connectivity index is 2.12. The standard InChI is InChI=1S/C12H21N3O/c1-12(2,3)7-10-13-11-6-9(8-16)4-5-15(11)14-10/h9,16H,4-8H2,1-3H3. The Morgan fingerprint density at radius 1 is 1.44 bits per heavy atom. The lowest BCUT2D eigenvalue weighted by molar-refractivity contribution is 0.196. The lowest BCUT2D eigenvalue weighted by Gasteiger charge is -2.19. The molecular formula is C12H21N3O. The number of aliphatic hydroxyl groups excluding tert-OH is 1. The second-order valence-corrected chi connectivity index (χ2v) is 5.95. The summed E-state index contributed by atoms with van der Waals surface area (Å²) in [5.74, 6) is 2.37. The van der Waals surface area contributed by atoms with Crippen molar-refractivity contribution in [2.75, 3.05) is 6.61 Å². The zero-order chi connectivity index (χ0) is 11.8. The van der Waals surface area contributed by atoms with E-state index in [2.05, 4.69) is 30.9 Å². The van der Waals surface area contributed by atoms with Crippen LogP contribution in [0.2, 0.25) is 0 Å². The van der Waals surface area contributed by atoms with Crippen LogP contribution in [0.1, 0.15) is 38.8 Å². The van der Waals surface area contributed by atoms with Crippen LogP contribution in [0, 0.1) is 11.3 Å². The molecule has 0 spiro atoms. The van der Waals surface area contributed by atoms with Gasteiger partial charge in [-0.2, -0.15) is 5.10 Å². The molecule has 0 bridgehead atoms. The Morgan fingerprint density at radius 3 is 2.81 bits per heavy atom. The van der Waals surface area contributed by atoms with Crippen LogP contribution in [-0.4, -0.2) is 26.5 Å². The van der Waals surface area contributed by atoms with E-state index in [0.29, 0.717) is 5.92 Å². The predicted molar refractivity (Wildman–Crippen MR) is 62.1 cm³/mol. The minimum Gasteiger partial charge on any atom is -0.396 e. The van der Waals surface area contributed by atoms with E-state index in [0.717, 1.165) is 37.5 Å². The van der Waals surface area contributed by atoms with E-state index in [1.165, 1.54) is 0 Å². The van der Waals surface area contributed by atoms with Gasteiger partial charge in [0, 0.05) is 26.0 Å². The number of aryl methyl sites for hydroxylation is 1. The second-order valence-electron chi connectivity index (χ2n) is 5.95. The van der Waals surface area contributed by atoms with Gasteiger partial charge in [0.2, 0.25) is 0 Å². The molecule has 1 aliphatic rings. The molecule has 1 unspecified atom stereocenters. The quantitative estimate of drug-likeness (QED) is 0.825. The van der Waals surface area contributed by atoms with Crippen LogP contribution in [0.4, 0.5) is 0 Å². The number of fused-ring (bicyclic) bond motifs is 1. The average molecular weight is 223 g/mol. The third-order valence-electron chi connectivity index (χ3n) is 2.96. The van der Waals surface area contributed by atoms with Gasteiger partial charge in [0.05, 0.1) is 0 Å². The van der Waals surface area contributed by atoms with Gasteiger partial charge >= 0.3 is 0 Å². The molecule has 0 radical (unpaired) electrons. The van der Waals surface area contributed by atoms with Crippen molar-refractivity contribution in [2.45, 2.75) is 46.6 Å². The zero-order valence-corrected chi connectivity index (χ0v) is 10.4.